The van der Waals surface area contributed by atoms with Crippen molar-refractivity contribution in [2.75, 3.05) is 18.1 Å². The van der Waals surface area contributed by atoms with E-state index in [-0.39, 0.29) is 32.3 Å². The van der Waals surface area contributed by atoms with E-state index in [1.165, 1.54) is 17.0 Å². The molecule has 1 aliphatic rings. The van der Waals surface area contributed by atoms with Crippen molar-refractivity contribution in [2.24, 2.45) is 0 Å². The standard InChI is InChI=1S/C27H24F3NO5/c1-3-34-24(32)16-36-22-12-7-18(13-17(22)2)15-35-23-6-4-5-19-14-31(26(33)25(19)23)21-10-8-20(9-11-21)27(28,29)30/h4-13H,3,14-16H2,1-2H3. The summed E-state index contributed by atoms with van der Waals surface area (Å²) < 4.78 is 55.0. The third-order valence-corrected chi connectivity index (χ3v) is 5.69. The third kappa shape index (κ3) is 5.45. The van der Waals surface area contributed by atoms with E-state index in [9.17, 15) is 22.8 Å². The van der Waals surface area contributed by atoms with Crippen LogP contribution >= 0.6 is 0 Å². The summed E-state index contributed by atoms with van der Waals surface area (Å²) in [7, 11) is 0. The molecule has 6 nitrogen and oxygen atoms in total. The van der Waals surface area contributed by atoms with Gasteiger partial charge in [0.1, 0.15) is 18.1 Å². The van der Waals surface area contributed by atoms with Crippen molar-refractivity contribution in [1.82, 2.24) is 0 Å². The van der Waals surface area contributed by atoms with Gasteiger partial charge in [-0.15, -0.1) is 0 Å². The second-order valence-corrected chi connectivity index (χ2v) is 8.21. The molecule has 0 spiro atoms. The van der Waals surface area contributed by atoms with Crippen LogP contribution in [0.25, 0.3) is 0 Å². The highest BCUT2D eigenvalue weighted by Gasteiger charge is 2.33. The lowest BCUT2D eigenvalue weighted by Gasteiger charge is -2.17. The zero-order valence-corrected chi connectivity index (χ0v) is 19.7. The maximum absolute atomic E-state index is 13.2. The van der Waals surface area contributed by atoms with Crippen LogP contribution in [0, 0.1) is 6.92 Å². The molecule has 1 heterocycles. The number of fused-ring (bicyclic) bond motifs is 1. The van der Waals surface area contributed by atoms with Crippen LogP contribution in [-0.2, 0) is 28.9 Å². The monoisotopic (exact) mass is 499 g/mol. The number of aryl methyl sites for hydroxylation is 1. The smallest absolute Gasteiger partial charge is 0.416 e. The van der Waals surface area contributed by atoms with Crippen molar-refractivity contribution in [3.05, 3.63) is 88.5 Å². The minimum Gasteiger partial charge on any atom is -0.488 e. The first-order valence-corrected chi connectivity index (χ1v) is 11.3. The molecule has 36 heavy (non-hydrogen) atoms. The predicted molar refractivity (Wildman–Crippen MR) is 126 cm³/mol. The summed E-state index contributed by atoms with van der Waals surface area (Å²) in [5, 5.41) is 0. The lowest BCUT2D eigenvalue weighted by atomic mass is 10.1. The fourth-order valence-electron chi connectivity index (χ4n) is 3.95. The van der Waals surface area contributed by atoms with Crippen molar-refractivity contribution in [2.45, 2.75) is 33.2 Å². The number of hydrogen-bond acceptors (Lipinski definition) is 5. The molecule has 0 radical (unpaired) electrons. The number of carbonyl (C=O) groups is 2. The zero-order chi connectivity index (χ0) is 25.9. The van der Waals surface area contributed by atoms with E-state index in [1.54, 1.807) is 37.3 Å². The normalized spacial score (nSPS) is 12.9. The summed E-state index contributed by atoms with van der Waals surface area (Å²) in [6.07, 6.45) is -4.44. The number of ether oxygens (including phenoxy) is 3. The molecule has 0 saturated carbocycles. The Balaban J connectivity index is 1.44. The molecular weight excluding hydrogens is 475 g/mol. The molecule has 188 valence electrons. The van der Waals surface area contributed by atoms with Gasteiger partial charge in [0.15, 0.2) is 6.61 Å². The van der Waals surface area contributed by atoms with E-state index in [1.807, 2.05) is 13.0 Å². The fourth-order valence-corrected chi connectivity index (χ4v) is 3.95. The Kier molecular flexibility index (Phi) is 7.19. The van der Waals surface area contributed by atoms with Gasteiger partial charge in [-0.05, 0) is 73.0 Å². The molecule has 0 N–H and O–H groups in total. The van der Waals surface area contributed by atoms with E-state index < -0.39 is 17.7 Å². The molecule has 3 aromatic carbocycles. The summed E-state index contributed by atoms with van der Waals surface area (Å²) in [5.41, 5.74) is 2.37. The van der Waals surface area contributed by atoms with Gasteiger partial charge in [0, 0.05) is 5.69 Å². The van der Waals surface area contributed by atoms with Gasteiger partial charge in [-0.2, -0.15) is 13.2 Å². The number of rotatable bonds is 8. The number of anilines is 1. The van der Waals surface area contributed by atoms with Crippen molar-refractivity contribution in [3.8, 4) is 11.5 Å². The van der Waals surface area contributed by atoms with Gasteiger partial charge < -0.3 is 19.1 Å². The van der Waals surface area contributed by atoms with Crippen molar-refractivity contribution >= 4 is 17.6 Å². The Morgan fingerprint density at radius 2 is 1.75 bits per heavy atom. The van der Waals surface area contributed by atoms with E-state index in [2.05, 4.69) is 0 Å². The van der Waals surface area contributed by atoms with Gasteiger partial charge in [0.05, 0.1) is 24.3 Å². The second kappa shape index (κ2) is 10.3. The molecule has 0 fully saturated rings. The van der Waals surface area contributed by atoms with Crippen LogP contribution in [0.5, 0.6) is 11.5 Å². The highest BCUT2D eigenvalue weighted by Crippen LogP contribution is 2.36. The number of benzene rings is 3. The molecule has 1 aliphatic heterocycles. The van der Waals surface area contributed by atoms with Gasteiger partial charge in [-0.3, -0.25) is 4.79 Å². The molecule has 0 aliphatic carbocycles. The van der Waals surface area contributed by atoms with E-state index in [0.29, 0.717) is 22.7 Å². The number of hydrogen-bond donors (Lipinski definition) is 0. The molecule has 4 rings (SSSR count). The molecule has 0 aromatic heterocycles. The van der Waals surface area contributed by atoms with Crippen LogP contribution in [-0.4, -0.2) is 25.1 Å². The van der Waals surface area contributed by atoms with Crippen LogP contribution in [0.15, 0.2) is 60.7 Å². The van der Waals surface area contributed by atoms with Crippen LogP contribution in [0.4, 0.5) is 18.9 Å². The van der Waals surface area contributed by atoms with Crippen LogP contribution in [0.2, 0.25) is 0 Å². The lowest BCUT2D eigenvalue weighted by Crippen LogP contribution is -2.23. The molecule has 0 bridgehead atoms. The summed E-state index contributed by atoms with van der Waals surface area (Å²) in [4.78, 5) is 26.1. The fraction of sp³-hybridized carbons (Fsp3) is 0.259. The number of carbonyl (C=O) groups excluding carboxylic acids is 2. The van der Waals surface area contributed by atoms with Crippen LogP contribution in [0.1, 0.15) is 39.5 Å². The molecule has 9 heteroatoms. The van der Waals surface area contributed by atoms with E-state index >= 15 is 0 Å². The van der Waals surface area contributed by atoms with Crippen molar-refractivity contribution in [1.29, 1.82) is 0 Å². The Labute approximate surface area is 206 Å². The number of esters is 1. The average Bonchev–Trinajstić information content (AvgIpc) is 3.19. The maximum Gasteiger partial charge on any atom is 0.416 e. The first-order valence-electron chi connectivity index (χ1n) is 11.3. The SMILES string of the molecule is CCOC(=O)COc1ccc(COc2cccc3c2C(=O)N(c2ccc(C(F)(F)F)cc2)C3)cc1C. The minimum absolute atomic E-state index is 0.182. The molecule has 1 amide bonds. The summed E-state index contributed by atoms with van der Waals surface area (Å²) in [6.45, 7) is 4.09. The molecule has 0 atom stereocenters. The second-order valence-electron chi connectivity index (χ2n) is 8.21. The van der Waals surface area contributed by atoms with Crippen molar-refractivity contribution < 1.29 is 37.0 Å². The summed E-state index contributed by atoms with van der Waals surface area (Å²) in [5.74, 6) is 0.165. The minimum atomic E-state index is -4.44. The maximum atomic E-state index is 13.2. The molecule has 0 saturated heterocycles. The Bertz CT molecular complexity index is 1270. The van der Waals surface area contributed by atoms with Crippen LogP contribution < -0.4 is 14.4 Å². The van der Waals surface area contributed by atoms with Gasteiger partial charge in [0.2, 0.25) is 0 Å². The number of halogens is 3. The third-order valence-electron chi connectivity index (χ3n) is 5.69. The average molecular weight is 499 g/mol. The summed E-state index contributed by atoms with van der Waals surface area (Å²) in [6, 6.07) is 15.2. The topological polar surface area (TPSA) is 65.1 Å². The Hall–Kier alpha value is -4.01. The van der Waals surface area contributed by atoms with Crippen molar-refractivity contribution in [3.63, 3.8) is 0 Å². The van der Waals surface area contributed by atoms with E-state index in [4.69, 9.17) is 14.2 Å². The highest BCUT2D eigenvalue weighted by molar-refractivity contribution is 6.11. The molecule has 0 unspecified atom stereocenters. The molecular formula is C27H24F3NO5. The Morgan fingerprint density at radius 3 is 2.42 bits per heavy atom. The summed E-state index contributed by atoms with van der Waals surface area (Å²) >= 11 is 0. The largest absolute Gasteiger partial charge is 0.488 e. The Morgan fingerprint density at radius 1 is 1.00 bits per heavy atom. The van der Waals surface area contributed by atoms with Gasteiger partial charge >= 0.3 is 12.1 Å². The van der Waals surface area contributed by atoms with E-state index in [0.717, 1.165) is 28.8 Å². The number of amides is 1. The number of alkyl halides is 3. The first kappa shape index (κ1) is 25.1. The van der Waals surface area contributed by atoms with Crippen LogP contribution in [0.3, 0.4) is 0 Å². The lowest BCUT2D eigenvalue weighted by molar-refractivity contribution is -0.145. The van der Waals surface area contributed by atoms with Gasteiger partial charge in [-0.1, -0.05) is 18.2 Å². The van der Waals surface area contributed by atoms with Gasteiger partial charge in [0.25, 0.3) is 5.91 Å². The zero-order valence-electron chi connectivity index (χ0n) is 19.7. The predicted octanol–water partition coefficient (Wildman–Crippen LogP) is 5.70. The first-order chi connectivity index (χ1) is 17.2. The quantitative estimate of drug-likeness (QED) is 0.373. The highest BCUT2D eigenvalue weighted by atomic mass is 19.4. The number of nitrogens with zero attached hydrogens (tertiary/aromatic N) is 1. The van der Waals surface area contributed by atoms with Gasteiger partial charge in [-0.25, -0.2) is 4.79 Å². The molecule has 3 aromatic rings.